The summed E-state index contributed by atoms with van der Waals surface area (Å²) in [4.78, 5) is 0. The van der Waals surface area contributed by atoms with E-state index in [4.69, 9.17) is 11.6 Å². The van der Waals surface area contributed by atoms with Crippen LogP contribution in [0, 0.1) is 6.92 Å². The number of aliphatic hydroxyl groups excluding tert-OH is 1. The second-order valence-corrected chi connectivity index (χ2v) is 5.10. The first-order chi connectivity index (χ1) is 8.02. The summed E-state index contributed by atoms with van der Waals surface area (Å²) in [5, 5.41) is 17.7. The minimum absolute atomic E-state index is 0.126. The Kier molecular flexibility index (Phi) is 5.43. The van der Waals surface area contributed by atoms with E-state index in [1.807, 2.05) is 18.5 Å². The molecule has 1 heterocycles. The van der Waals surface area contributed by atoms with Gasteiger partial charge in [0.2, 0.25) is 0 Å². The summed E-state index contributed by atoms with van der Waals surface area (Å²) in [5.41, 5.74) is 0.725. The van der Waals surface area contributed by atoms with Crippen molar-refractivity contribution in [3.8, 4) is 0 Å². The molecule has 0 spiro atoms. The van der Waals surface area contributed by atoms with Crippen LogP contribution in [0.25, 0.3) is 0 Å². The van der Waals surface area contributed by atoms with Crippen LogP contribution in [0.15, 0.2) is 6.20 Å². The van der Waals surface area contributed by atoms with E-state index in [2.05, 4.69) is 17.3 Å². The molecule has 17 heavy (non-hydrogen) atoms. The van der Waals surface area contributed by atoms with Gasteiger partial charge < -0.3 is 10.4 Å². The van der Waals surface area contributed by atoms with Gasteiger partial charge in [-0.3, -0.25) is 4.68 Å². The SMILES string of the molecule is CCCNC(C)(CO)CCn1ncc(Cl)c1C. The molecule has 4 nitrogen and oxygen atoms in total. The van der Waals surface area contributed by atoms with Crippen LogP contribution in [0.3, 0.4) is 0 Å². The largest absolute Gasteiger partial charge is 0.394 e. The number of halogens is 1. The highest BCUT2D eigenvalue weighted by Crippen LogP contribution is 2.16. The number of aromatic nitrogens is 2. The molecule has 0 amide bonds. The highest BCUT2D eigenvalue weighted by atomic mass is 35.5. The van der Waals surface area contributed by atoms with Crippen LogP contribution < -0.4 is 5.32 Å². The lowest BCUT2D eigenvalue weighted by atomic mass is 9.99. The fourth-order valence-electron chi connectivity index (χ4n) is 1.65. The number of nitrogens with zero attached hydrogens (tertiary/aromatic N) is 2. The zero-order chi connectivity index (χ0) is 12.9. The molecule has 1 rings (SSSR count). The first-order valence-corrected chi connectivity index (χ1v) is 6.44. The van der Waals surface area contributed by atoms with Crippen molar-refractivity contribution in [1.29, 1.82) is 0 Å². The van der Waals surface area contributed by atoms with Crippen molar-refractivity contribution in [2.45, 2.75) is 45.7 Å². The lowest BCUT2D eigenvalue weighted by Crippen LogP contribution is -2.46. The highest BCUT2D eigenvalue weighted by Gasteiger charge is 2.22. The molecule has 0 aliphatic carbocycles. The molecule has 1 aromatic heterocycles. The maximum Gasteiger partial charge on any atom is 0.0814 e. The van der Waals surface area contributed by atoms with Gasteiger partial charge in [0.05, 0.1) is 23.5 Å². The van der Waals surface area contributed by atoms with Crippen molar-refractivity contribution in [1.82, 2.24) is 15.1 Å². The first-order valence-electron chi connectivity index (χ1n) is 6.06. The second kappa shape index (κ2) is 6.38. The summed E-state index contributed by atoms with van der Waals surface area (Å²) >= 11 is 5.95. The molecule has 0 aliphatic heterocycles. The Morgan fingerprint density at radius 2 is 2.29 bits per heavy atom. The number of aryl methyl sites for hydroxylation is 1. The van der Waals surface area contributed by atoms with E-state index in [1.165, 1.54) is 0 Å². The maximum absolute atomic E-state index is 9.45. The standard InChI is InChI=1S/C12H22ClN3O/c1-4-6-14-12(3,9-17)5-7-16-10(2)11(13)8-15-16/h8,14,17H,4-7,9H2,1-3H3. The Hall–Kier alpha value is -0.580. The number of nitrogens with one attached hydrogen (secondary N) is 1. The Bertz CT molecular complexity index is 354. The van der Waals surface area contributed by atoms with Gasteiger partial charge in [-0.05, 0) is 33.2 Å². The Balaban J connectivity index is 2.55. The monoisotopic (exact) mass is 259 g/mol. The lowest BCUT2D eigenvalue weighted by Gasteiger charge is -2.29. The van der Waals surface area contributed by atoms with Gasteiger partial charge in [0, 0.05) is 12.1 Å². The van der Waals surface area contributed by atoms with Crippen LogP contribution in [-0.4, -0.2) is 33.6 Å². The Labute approximate surface area is 108 Å². The predicted octanol–water partition coefficient (Wildman–Crippen LogP) is 1.99. The molecule has 0 aliphatic rings. The van der Waals surface area contributed by atoms with Gasteiger partial charge in [-0.1, -0.05) is 18.5 Å². The normalized spacial score (nSPS) is 14.9. The van der Waals surface area contributed by atoms with E-state index in [0.717, 1.165) is 31.6 Å². The molecule has 1 unspecified atom stereocenters. The Morgan fingerprint density at radius 3 is 2.76 bits per heavy atom. The zero-order valence-electron chi connectivity index (χ0n) is 10.8. The topological polar surface area (TPSA) is 50.1 Å². The summed E-state index contributed by atoms with van der Waals surface area (Å²) in [6.07, 6.45) is 3.54. The van der Waals surface area contributed by atoms with E-state index in [0.29, 0.717) is 5.02 Å². The molecule has 0 fully saturated rings. The Morgan fingerprint density at radius 1 is 1.59 bits per heavy atom. The molecule has 0 bridgehead atoms. The summed E-state index contributed by atoms with van der Waals surface area (Å²) in [6, 6.07) is 0. The summed E-state index contributed by atoms with van der Waals surface area (Å²) in [5.74, 6) is 0. The number of rotatable bonds is 7. The van der Waals surface area contributed by atoms with Crippen molar-refractivity contribution in [2.24, 2.45) is 0 Å². The fourth-order valence-corrected chi connectivity index (χ4v) is 1.79. The van der Waals surface area contributed by atoms with Crippen molar-refractivity contribution < 1.29 is 5.11 Å². The molecule has 0 aromatic carbocycles. The van der Waals surface area contributed by atoms with Crippen LogP contribution in [0.5, 0.6) is 0 Å². The summed E-state index contributed by atoms with van der Waals surface area (Å²) < 4.78 is 1.88. The van der Waals surface area contributed by atoms with Gasteiger partial charge >= 0.3 is 0 Å². The van der Waals surface area contributed by atoms with Crippen molar-refractivity contribution >= 4 is 11.6 Å². The molecule has 1 aromatic rings. The third-order valence-electron chi connectivity index (χ3n) is 3.07. The molecule has 0 saturated carbocycles. The third-order valence-corrected chi connectivity index (χ3v) is 3.44. The van der Waals surface area contributed by atoms with Gasteiger partial charge in [-0.2, -0.15) is 5.10 Å². The van der Waals surface area contributed by atoms with E-state index >= 15 is 0 Å². The molecule has 0 radical (unpaired) electrons. The van der Waals surface area contributed by atoms with Crippen molar-refractivity contribution in [3.05, 3.63) is 16.9 Å². The van der Waals surface area contributed by atoms with E-state index in [1.54, 1.807) is 6.20 Å². The number of aliphatic hydroxyl groups is 1. The van der Waals surface area contributed by atoms with Crippen LogP contribution in [-0.2, 0) is 6.54 Å². The maximum atomic E-state index is 9.45. The van der Waals surface area contributed by atoms with Crippen molar-refractivity contribution in [2.75, 3.05) is 13.2 Å². The predicted molar refractivity (Wildman–Crippen MR) is 70.4 cm³/mol. The number of hydrogen-bond donors (Lipinski definition) is 2. The van der Waals surface area contributed by atoms with Gasteiger partial charge in [0.25, 0.3) is 0 Å². The van der Waals surface area contributed by atoms with E-state index in [9.17, 15) is 5.11 Å². The quantitative estimate of drug-likeness (QED) is 0.787. The minimum Gasteiger partial charge on any atom is -0.394 e. The van der Waals surface area contributed by atoms with Crippen molar-refractivity contribution in [3.63, 3.8) is 0 Å². The van der Waals surface area contributed by atoms with E-state index < -0.39 is 0 Å². The average Bonchev–Trinajstić information content (AvgIpc) is 2.65. The van der Waals surface area contributed by atoms with Gasteiger partial charge in [-0.25, -0.2) is 0 Å². The third kappa shape index (κ3) is 3.98. The van der Waals surface area contributed by atoms with Crippen LogP contribution in [0.1, 0.15) is 32.4 Å². The molecule has 1 atom stereocenters. The van der Waals surface area contributed by atoms with Gasteiger partial charge in [0.15, 0.2) is 0 Å². The zero-order valence-corrected chi connectivity index (χ0v) is 11.6. The molecule has 0 saturated heterocycles. The van der Waals surface area contributed by atoms with Crippen LogP contribution in [0.2, 0.25) is 5.02 Å². The van der Waals surface area contributed by atoms with Crippen LogP contribution >= 0.6 is 11.6 Å². The fraction of sp³-hybridized carbons (Fsp3) is 0.750. The second-order valence-electron chi connectivity index (χ2n) is 4.70. The molecular formula is C12H22ClN3O. The highest BCUT2D eigenvalue weighted by molar-refractivity contribution is 6.31. The molecule has 5 heteroatoms. The first kappa shape index (κ1) is 14.5. The van der Waals surface area contributed by atoms with Gasteiger partial charge in [0.1, 0.15) is 0 Å². The van der Waals surface area contributed by atoms with Crippen LogP contribution in [0.4, 0.5) is 0 Å². The molecule has 98 valence electrons. The summed E-state index contributed by atoms with van der Waals surface area (Å²) in [6.45, 7) is 7.89. The smallest absolute Gasteiger partial charge is 0.0814 e. The summed E-state index contributed by atoms with van der Waals surface area (Å²) in [7, 11) is 0. The minimum atomic E-state index is -0.249. The molecular weight excluding hydrogens is 238 g/mol. The van der Waals surface area contributed by atoms with Gasteiger partial charge in [-0.15, -0.1) is 0 Å². The molecule has 2 N–H and O–H groups in total. The van der Waals surface area contributed by atoms with E-state index in [-0.39, 0.29) is 12.1 Å². The average molecular weight is 260 g/mol. The number of hydrogen-bond acceptors (Lipinski definition) is 3. The lowest BCUT2D eigenvalue weighted by molar-refractivity contribution is 0.159.